The molecule has 0 spiro atoms. The lowest BCUT2D eigenvalue weighted by Crippen LogP contribution is -3.15. The zero-order chi connectivity index (χ0) is 12.6. The molecule has 4 nitrogen and oxygen atoms in total. The Hall–Kier alpha value is -0.160. The number of quaternary nitrogens is 2. The fourth-order valence-corrected chi connectivity index (χ4v) is 3.18. The van der Waals surface area contributed by atoms with E-state index in [-0.39, 0.29) is 6.10 Å². The zero-order valence-corrected chi connectivity index (χ0v) is 11.6. The number of nitrogens with one attached hydrogen (secondary N) is 1. The molecule has 2 fully saturated rings. The van der Waals surface area contributed by atoms with E-state index in [1.54, 1.807) is 0 Å². The molecule has 0 aromatic carbocycles. The molecule has 106 valence electrons. The molecular weight excluding hydrogens is 228 g/mol. The molecule has 0 amide bonds. The summed E-state index contributed by atoms with van der Waals surface area (Å²) in [5.74, 6) is 0. The van der Waals surface area contributed by atoms with Gasteiger partial charge < -0.3 is 20.1 Å². The number of ether oxygens (including phenoxy) is 1. The third kappa shape index (κ3) is 5.22. The summed E-state index contributed by atoms with van der Waals surface area (Å²) in [5.41, 5.74) is 0. The Morgan fingerprint density at radius 3 is 2.44 bits per heavy atom. The summed E-state index contributed by atoms with van der Waals surface area (Å²) >= 11 is 0. The van der Waals surface area contributed by atoms with Gasteiger partial charge in [-0.3, -0.25) is 0 Å². The Balaban J connectivity index is 1.59. The lowest BCUT2D eigenvalue weighted by Gasteiger charge is -2.25. The first-order valence-corrected chi connectivity index (χ1v) is 7.77. The van der Waals surface area contributed by atoms with Gasteiger partial charge in [0.2, 0.25) is 0 Å². The van der Waals surface area contributed by atoms with Crippen molar-refractivity contribution in [2.24, 2.45) is 0 Å². The first-order valence-electron chi connectivity index (χ1n) is 7.77. The van der Waals surface area contributed by atoms with Crippen molar-refractivity contribution in [3.63, 3.8) is 0 Å². The van der Waals surface area contributed by atoms with Crippen LogP contribution in [0.4, 0.5) is 0 Å². The lowest BCUT2D eigenvalue weighted by molar-refractivity contribution is -0.912. The van der Waals surface area contributed by atoms with Crippen molar-refractivity contribution in [2.75, 3.05) is 39.4 Å². The molecule has 0 radical (unpaired) electrons. The molecule has 1 aliphatic heterocycles. The number of nitrogens with two attached hydrogens (primary N) is 1. The molecule has 1 heterocycles. The molecule has 0 aromatic rings. The minimum absolute atomic E-state index is 0.152. The minimum Gasteiger partial charge on any atom is -0.382 e. The monoisotopic (exact) mass is 258 g/mol. The van der Waals surface area contributed by atoms with Crippen molar-refractivity contribution in [2.45, 2.75) is 50.7 Å². The van der Waals surface area contributed by atoms with Crippen LogP contribution in [-0.2, 0) is 4.74 Å². The number of rotatable bonds is 5. The van der Waals surface area contributed by atoms with Gasteiger partial charge in [0.1, 0.15) is 26.2 Å². The quantitative estimate of drug-likeness (QED) is 0.529. The molecule has 0 aromatic heterocycles. The highest BCUT2D eigenvalue weighted by atomic mass is 16.5. The second kappa shape index (κ2) is 8.10. The minimum atomic E-state index is -0.152. The Morgan fingerprint density at radius 2 is 1.78 bits per heavy atom. The third-order valence-electron chi connectivity index (χ3n) is 4.37. The maximum Gasteiger partial charge on any atom is 0.151 e. The Morgan fingerprint density at radius 1 is 1.11 bits per heavy atom. The molecular formula is C14H30N2O2+2. The SMILES string of the molecule is O[C@@H](C[NH2+]C1CCCCCC1)C[NH+]1CCOCC1. The molecule has 4 N–H and O–H groups in total. The normalized spacial score (nSPS) is 25.8. The van der Waals surface area contributed by atoms with Crippen LogP contribution < -0.4 is 10.2 Å². The maximum absolute atomic E-state index is 10.1. The van der Waals surface area contributed by atoms with E-state index in [0.717, 1.165) is 45.4 Å². The molecule has 4 heteroatoms. The maximum atomic E-state index is 10.1. The van der Waals surface area contributed by atoms with Gasteiger partial charge in [-0.25, -0.2) is 0 Å². The van der Waals surface area contributed by atoms with Crippen LogP contribution in [0.2, 0.25) is 0 Å². The van der Waals surface area contributed by atoms with Gasteiger partial charge in [0.15, 0.2) is 6.10 Å². The fraction of sp³-hybridized carbons (Fsp3) is 1.00. The Bertz CT molecular complexity index is 212. The number of morpholine rings is 1. The lowest BCUT2D eigenvalue weighted by atomic mass is 10.1. The van der Waals surface area contributed by atoms with Crippen LogP contribution in [0.15, 0.2) is 0 Å². The van der Waals surface area contributed by atoms with Crippen molar-refractivity contribution in [3.8, 4) is 0 Å². The van der Waals surface area contributed by atoms with E-state index in [2.05, 4.69) is 5.32 Å². The van der Waals surface area contributed by atoms with E-state index in [0.29, 0.717) is 0 Å². The third-order valence-corrected chi connectivity index (χ3v) is 4.37. The number of hydrogen-bond acceptors (Lipinski definition) is 2. The smallest absolute Gasteiger partial charge is 0.151 e. The van der Waals surface area contributed by atoms with Crippen LogP contribution in [0, 0.1) is 0 Å². The standard InChI is InChI=1S/C14H28N2O2/c17-14(12-16-7-9-18-10-8-16)11-15-13-5-3-1-2-4-6-13/h13-15,17H,1-12H2/p+2/t14-/m0/s1. The van der Waals surface area contributed by atoms with Crippen LogP contribution in [-0.4, -0.2) is 56.6 Å². The van der Waals surface area contributed by atoms with Crippen molar-refractivity contribution >= 4 is 0 Å². The topological polar surface area (TPSA) is 50.5 Å². The summed E-state index contributed by atoms with van der Waals surface area (Å²) in [6.07, 6.45) is 8.11. The highest BCUT2D eigenvalue weighted by molar-refractivity contribution is 4.62. The Kier molecular flexibility index (Phi) is 6.41. The van der Waals surface area contributed by atoms with Crippen LogP contribution in [0.3, 0.4) is 0 Å². The summed E-state index contributed by atoms with van der Waals surface area (Å²) < 4.78 is 5.34. The number of aliphatic hydroxyl groups is 1. The van der Waals surface area contributed by atoms with Gasteiger partial charge in [0.25, 0.3) is 0 Å². The highest BCUT2D eigenvalue weighted by Gasteiger charge is 2.21. The van der Waals surface area contributed by atoms with E-state index in [1.165, 1.54) is 43.4 Å². The molecule has 1 aliphatic carbocycles. The second-order valence-corrected chi connectivity index (χ2v) is 5.94. The molecule has 1 saturated carbocycles. The molecule has 1 atom stereocenters. The van der Waals surface area contributed by atoms with Crippen molar-refractivity contribution in [1.29, 1.82) is 0 Å². The molecule has 1 saturated heterocycles. The van der Waals surface area contributed by atoms with E-state index in [4.69, 9.17) is 4.74 Å². The summed E-state index contributed by atoms with van der Waals surface area (Å²) in [5, 5.41) is 12.5. The van der Waals surface area contributed by atoms with E-state index >= 15 is 0 Å². The van der Waals surface area contributed by atoms with Crippen LogP contribution in [0.1, 0.15) is 38.5 Å². The average molecular weight is 258 g/mol. The van der Waals surface area contributed by atoms with Crippen LogP contribution in [0.5, 0.6) is 0 Å². The highest BCUT2D eigenvalue weighted by Crippen LogP contribution is 2.14. The summed E-state index contributed by atoms with van der Waals surface area (Å²) in [6.45, 7) is 5.60. The predicted molar refractivity (Wildman–Crippen MR) is 70.7 cm³/mol. The second-order valence-electron chi connectivity index (χ2n) is 5.94. The molecule has 2 rings (SSSR count). The van der Waals surface area contributed by atoms with Crippen molar-refractivity contribution in [3.05, 3.63) is 0 Å². The van der Waals surface area contributed by atoms with Crippen LogP contribution >= 0.6 is 0 Å². The van der Waals surface area contributed by atoms with Gasteiger partial charge in [-0.1, -0.05) is 12.8 Å². The average Bonchev–Trinajstić information content (AvgIpc) is 2.66. The number of hydrogen-bond donors (Lipinski definition) is 3. The summed E-state index contributed by atoms with van der Waals surface area (Å²) in [6, 6.07) is 0.766. The largest absolute Gasteiger partial charge is 0.382 e. The first kappa shape index (κ1) is 14.3. The van der Waals surface area contributed by atoms with Gasteiger partial charge in [-0.2, -0.15) is 0 Å². The van der Waals surface area contributed by atoms with Gasteiger partial charge in [0, 0.05) is 0 Å². The molecule has 2 aliphatic rings. The van der Waals surface area contributed by atoms with Crippen molar-refractivity contribution in [1.82, 2.24) is 0 Å². The fourth-order valence-electron chi connectivity index (χ4n) is 3.18. The predicted octanol–water partition coefficient (Wildman–Crippen LogP) is -1.45. The van der Waals surface area contributed by atoms with E-state index < -0.39 is 0 Å². The van der Waals surface area contributed by atoms with Crippen LogP contribution in [0.25, 0.3) is 0 Å². The van der Waals surface area contributed by atoms with Crippen molar-refractivity contribution < 1.29 is 20.1 Å². The van der Waals surface area contributed by atoms with E-state index in [1.807, 2.05) is 0 Å². The zero-order valence-electron chi connectivity index (χ0n) is 11.6. The van der Waals surface area contributed by atoms with Gasteiger partial charge >= 0.3 is 0 Å². The number of aliphatic hydroxyl groups excluding tert-OH is 1. The summed E-state index contributed by atoms with van der Waals surface area (Å²) in [7, 11) is 0. The molecule has 0 unspecified atom stereocenters. The molecule has 0 bridgehead atoms. The Labute approximate surface area is 111 Å². The van der Waals surface area contributed by atoms with Gasteiger partial charge in [-0.05, 0) is 25.7 Å². The van der Waals surface area contributed by atoms with E-state index in [9.17, 15) is 5.11 Å². The van der Waals surface area contributed by atoms with Gasteiger partial charge in [-0.15, -0.1) is 0 Å². The molecule has 18 heavy (non-hydrogen) atoms. The summed E-state index contributed by atoms with van der Waals surface area (Å²) in [4.78, 5) is 1.50. The van der Waals surface area contributed by atoms with Gasteiger partial charge in [0.05, 0.1) is 19.3 Å². The first-order chi connectivity index (χ1) is 8.84.